The smallest absolute Gasteiger partial charge is 0.358 e. The molecule has 0 saturated carbocycles. The number of aromatic nitrogens is 5. The van der Waals surface area contributed by atoms with Gasteiger partial charge in [0.2, 0.25) is 5.69 Å². The van der Waals surface area contributed by atoms with Gasteiger partial charge in [-0.15, -0.1) is 5.10 Å². The number of carbonyl (C=O) groups is 1. The maximum absolute atomic E-state index is 11.3. The van der Waals surface area contributed by atoms with E-state index in [2.05, 4.69) is 15.3 Å². The predicted octanol–water partition coefficient (Wildman–Crippen LogP) is 0.413. The van der Waals surface area contributed by atoms with Crippen LogP contribution in [-0.2, 0) is 18.3 Å². The highest BCUT2D eigenvalue weighted by molar-refractivity contribution is 5.91. The number of aromatic carboxylic acids is 1. The van der Waals surface area contributed by atoms with E-state index < -0.39 is 5.97 Å². The molecule has 1 atom stereocenters. The van der Waals surface area contributed by atoms with Gasteiger partial charge in [0.25, 0.3) is 0 Å². The highest BCUT2D eigenvalue weighted by Crippen LogP contribution is 2.23. The normalized spacial score (nSPS) is 18.6. The molecular weight excluding hydrogens is 262 g/mol. The first-order valence-electron chi connectivity index (χ1n) is 6.39. The van der Waals surface area contributed by atoms with Gasteiger partial charge in [0, 0.05) is 38.5 Å². The number of aryl methyl sites for hydroxylation is 1. The fraction of sp³-hybridized carbons (Fsp3) is 0.500. The Morgan fingerprint density at radius 2 is 2.45 bits per heavy atom. The minimum absolute atomic E-state index is 0.0711. The fourth-order valence-electron chi connectivity index (χ4n) is 2.37. The van der Waals surface area contributed by atoms with E-state index in [9.17, 15) is 9.90 Å². The maximum atomic E-state index is 11.3. The van der Waals surface area contributed by atoms with Crippen LogP contribution >= 0.6 is 0 Å². The van der Waals surface area contributed by atoms with E-state index in [0.717, 1.165) is 13.0 Å². The summed E-state index contributed by atoms with van der Waals surface area (Å²) in [6.07, 6.45) is 4.33. The van der Waals surface area contributed by atoms with Crippen molar-refractivity contribution in [2.75, 3.05) is 13.2 Å². The minimum Gasteiger partial charge on any atom is -0.476 e. The van der Waals surface area contributed by atoms with E-state index in [1.165, 1.54) is 0 Å². The number of carboxylic acid groups (broad SMARTS) is 1. The van der Waals surface area contributed by atoms with Crippen LogP contribution in [0.1, 0.15) is 16.9 Å². The number of imidazole rings is 1. The third-order valence-corrected chi connectivity index (χ3v) is 3.43. The van der Waals surface area contributed by atoms with Crippen LogP contribution in [0.25, 0.3) is 11.5 Å². The average Bonchev–Trinajstić information content (AvgIpc) is 3.10. The summed E-state index contributed by atoms with van der Waals surface area (Å²) in [5, 5.41) is 17.0. The zero-order valence-electron chi connectivity index (χ0n) is 11.1. The van der Waals surface area contributed by atoms with E-state index in [1.54, 1.807) is 21.6 Å². The SMILES string of the molecule is Cn1ccnc1-c1c(C(=O)O)nnn1CC1CCOC1. The summed E-state index contributed by atoms with van der Waals surface area (Å²) < 4.78 is 8.71. The van der Waals surface area contributed by atoms with Gasteiger partial charge in [0.05, 0.1) is 6.61 Å². The molecule has 0 amide bonds. The van der Waals surface area contributed by atoms with Crippen molar-refractivity contribution >= 4 is 5.97 Å². The molecule has 1 fully saturated rings. The van der Waals surface area contributed by atoms with E-state index in [0.29, 0.717) is 30.6 Å². The van der Waals surface area contributed by atoms with Crippen LogP contribution < -0.4 is 0 Å². The summed E-state index contributed by atoms with van der Waals surface area (Å²) in [5.74, 6) is -0.222. The highest BCUT2D eigenvalue weighted by atomic mass is 16.5. The standard InChI is InChI=1S/C12H15N5O3/c1-16-4-3-13-11(16)10-9(12(18)19)14-15-17(10)6-8-2-5-20-7-8/h3-4,8H,2,5-7H2,1H3,(H,18,19). The molecule has 0 bridgehead atoms. The first-order valence-corrected chi connectivity index (χ1v) is 6.39. The lowest BCUT2D eigenvalue weighted by atomic mass is 10.1. The molecule has 1 saturated heterocycles. The molecule has 3 rings (SSSR count). The van der Waals surface area contributed by atoms with Crippen LogP contribution in [-0.4, -0.2) is 48.8 Å². The fourth-order valence-corrected chi connectivity index (χ4v) is 2.37. The summed E-state index contributed by atoms with van der Waals surface area (Å²) in [7, 11) is 1.81. The Balaban J connectivity index is 2.01. The summed E-state index contributed by atoms with van der Waals surface area (Å²) in [5.41, 5.74) is 0.370. The summed E-state index contributed by atoms with van der Waals surface area (Å²) >= 11 is 0. The lowest BCUT2D eigenvalue weighted by molar-refractivity contribution is 0.0691. The van der Waals surface area contributed by atoms with E-state index in [4.69, 9.17) is 4.74 Å². The zero-order valence-corrected chi connectivity index (χ0v) is 11.1. The molecule has 2 aromatic heterocycles. The number of hydrogen-bond donors (Lipinski definition) is 1. The van der Waals surface area contributed by atoms with Crippen molar-refractivity contribution in [1.29, 1.82) is 0 Å². The van der Waals surface area contributed by atoms with E-state index >= 15 is 0 Å². The van der Waals surface area contributed by atoms with Crippen LogP contribution in [0.5, 0.6) is 0 Å². The molecular formula is C12H15N5O3. The van der Waals surface area contributed by atoms with Crippen molar-refractivity contribution in [1.82, 2.24) is 24.5 Å². The number of nitrogens with zero attached hydrogens (tertiary/aromatic N) is 5. The van der Waals surface area contributed by atoms with Gasteiger partial charge >= 0.3 is 5.97 Å². The van der Waals surface area contributed by atoms with Gasteiger partial charge in [-0.3, -0.25) is 0 Å². The quantitative estimate of drug-likeness (QED) is 0.870. The van der Waals surface area contributed by atoms with Crippen molar-refractivity contribution in [3.8, 4) is 11.5 Å². The number of rotatable bonds is 4. The van der Waals surface area contributed by atoms with E-state index in [1.807, 2.05) is 7.05 Å². The van der Waals surface area contributed by atoms with Gasteiger partial charge in [-0.05, 0) is 6.42 Å². The summed E-state index contributed by atoms with van der Waals surface area (Å²) in [6.45, 7) is 1.99. The van der Waals surface area contributed by atoms with Gasteiger partial charge in [0.15, 0.2) is 5.82 Å². The Hall–Kier alpha value is -2.22. The van der Waals surface area contributed by atoms with Crippen molar-refractivity contribution in [2.45, 2.75) is 13.0 Å². The first kappa shape index (κ1) is 12.8. The van der Waals surface area contributed by atoms with Gasteiger partial charge in [-0.1, -0.05) is 5.21 Å². The Labute approximate surface area is 115 Å². The molecule has 1 unspecified atom stereocenters. The molecule has 106 valence electrons. The van der Waals surface area contributed by atoms with Gasteiger partial charge < -0.3 is 14.4 Å². The highest BCUT2D eigenvalue weighted by Gasteiger charge is 2.26. The van der Waals surface area contributed by atoms with Crippen molar-refractivity contribution in [2.24, 2.45) is 13.0 Å². The molecule has 0 aromatic carbocycles. The Bertz CT molecular complexity index is 627. The molecule has 1 aliphatic heterocycles. The predicted molar refractivity (Wildman–Crippen MR) is 68.1 cm³/mol. The zero-order chi connectivity index (χ0) is 14.1. The lowest BCUT2D eigenvalue weighted by Crippen LogP contribution is -2.14. The third-order valence-electron chi connectivity index (χ3n) is 3.43. The molecule has 0 radical (unpaired) electrons. The molecule has 20 heavy (non-hydrogen) atoms. The van der Waals surface area contributed by atoms with Crippen LogP contribution in [0.3, 0.4) is 0 Å². The molecule has 8 heteroatoms. The van der Waals surface area contributed by atoms with Crippen molar-refractivity contribution in [3.05, 3.63) is 18.1 Å². The first-order chi connectivity index (χ1) is 9.66. The third kappa shape index (κ3) is 2.18. The maximum Gasteiger partial charge on any atom is 0.358 e. The second-order valence-corrected chi connectivity index (χ2v) is 4.87. The largest absolute Gasteiger partial charge is 0.476 e. The van der Waals surface area contributed by atoms with Crippen LogP contribution in [0.2, 0.25) is 0 Å². The van der Waals surface area contributed by atoms with E-state index in [-0.39, 0.29) is 5.69 Å². The Morgan fingerprint density at radius 3 is 3.05 bits per heavy atom. The molecule has 3 heterocycles. The molecule has 0 spiro atoms. The molecule has 0 aliphatic carbocycles. The number of carboxylic acids is 1. The minimum atomic E-state index is -1.10. The topological polar surface area (TPSA) is 95.1 Å². The monoisotopic (exact) mass is 277 g/mol. The average molecular weight is 277 g/mol. The van der Waals surface area contributed by atoms with Gasteiger partial charge in [0.1, 0.15) is 5.69 Å². The summed E-state index contributed by atoms with van der Waals surface area (Å²) in [6, 6.07) is 0. The second-order valence-electron chi connectivity index (χ2n) is 4.87. The van der Waals surface area contributed by atoms with Crippen LogP contribution in [0, 0.1) is 5.92 Å². The molecule has 1 N–H and O–H groups in total. The van der Waals surface area contributed by atoms with Crippen molar-refractivity contribution < 1.29 is 14.6 Å². The van der Waals surface area contributed by atoms with Gasteiger partial charge in [-0.2, -0.15) is 0 Å². The molecule has 8 nitrogen and oxygen atoms in total. The van der Waals surface area contributed by atoms with Crippen LogP contribution in [0.15, 0.2) is 12.4 Å². The number of hydrogen-bond acceptors (Lipinski definition) is 5. The lowest BCUT2D eigenvalue weighted by Gasteiger charge is -2.10. The summed E-state index contributed by atoms with van der Waals surface area (Å²) in [4.78, 5) is 15.5. The molecule has 1 aliphatic rings. The molecule has 2 aromatic rings. The van der Waals surface area contributed by atoms with Crippen molar-refractivity contribution in [3.63, 3.8) is 0 Å². The Kier molecular flexibility index (Phi) is 3.23. The Morgan fingerprint density at radius 1 is 1.60 bits per heavy atom. The number of ether oxygens (including phenoxy) is 1. The van der Waals surface area contributed by atoms with Crippen LogP contribution in [0.4, 0.5) is 0 Å². The van der Waals surface area contributed by atoms with Gasteiger partial charge in [-0.25, -0.2) is 14.5 Å². The second kappa shape index (κ2) is 5.04.